The lowest BCUT2D eigenvalue weighted by atomic mass is 9.88. The monoisotopic (exact) mass is 322 g/mol. The zero-order valence-corrected chi connectivity index (χ0v) is 13.9. The molecule has 0 N–H and O–H groups in total. The Morgan fingerprint density at radius 3 is 2.83 bits per heavy atom. The highest BCUT2D eigenvalue weighted by Gasteiger charge is 2.40. The third-order valence-corrected chi connectivity index (χ3v) is 5.09. The number of fused-ring (bicyclic) bond motifs is 1. The smallest absolute Gasteiger partial charge is 0.250 e. The Hall–Kier alpha value is -1.40. The van der Waals surface area contributed by atoms with Crippen molar-refractivity contribution in [2.45, 2.75) is 38.1 Å². The van der Waals surface area contributed by atoms with Gasteiger partial charge in [0.25, 0.3) is 5.91 Å². The maximum atomic E-state index is 12.8. The molecule has 2 aliphatic heterocycles. The van der Waals surface area contributed by atoms with Gasteiger partial charge in [-0.1, -0.05) is 6.42 Å². The minimum Gasteiger partial charge on any atom is -0.383 e. The summed E-state index contributed by atoms with van der Waals surface area (Å²) in [7, 11) is 1.65. The Bertz CT molecular complexity index is 497. The molecular formula is C17H26N2O4. The van der Waals surface area contributed by atoms with Crippen molar-refractivity contribution in [2.75, 3.05) is 46.6 Å². The Kier molecular flexibility index (Phi) is 5.33. The zero-order chi connectivity index (χ0) is 16.2. The average molecular weight is 322 g/mol. The molecule has 0 radical (unpaired) electrons. The first kappa shape index (κ1) is 16.5. The van der Waals surface area contributed by atoms with Gasteiger partial charge in [-0.25, -0.2) is 0 Å². The number of carbonyl (C=O) groups is 2. The van der Waals surface area contributed by atoms with Crippen molar-refractivity contribution < 1.29 is 19.1 Å². The molecule has 2 fully saturated rings. The van der Waals surface area contributed by atoms with E-state index in [1.807, 2.05) is 9.80 Å². The Balaban J connectivity index is 1.73. The van der Waals surface area contributed by atoms with E-state index in [0.29, 0.717) is 39.5 Å². The number of hydrogen-bond acceptors (Lipinski definition) is 4. The maximum Gasteiger partial charge on any atom is 0.250 e. The summed E-state index contributed by atoms with van der Waals surface area (Å²) < 4.78 is 10.4. The predicted octanol–water partition coefficient (Wildman–Crippen LogP) is 0.963. The highest BCUT2D eigenvalue weighted by atomic mass is 16.5. The van der Waals surface area contributed by atoms with Gasteiger partial charge in [-0.15, -0.1) is 0 Å². The molecular weight excluding hydrogens is 296 g/mol. The fourth-order valence-corrected chi connectivity index (χ4v) is 3.85. The summed E-state index contributed by atoms with van der Waals surface area (Å²) in [5.74, 6) is 0.104. The van der Waals surface area contributed by atoms with Gasteiger partial charge in [0, 0.05) is 32.3 Å². The van der Waals surface area contributed by atoms with E-state index in [1.54, 1.807) is 7.11 Å². The van der Waals surface area contributed by atoms with Gasteiger partial charge in [0.2, 0.25) is 5.91 Å². The van der Waals surface area contributed by atoms with Crippen LogP contribution in [0.5, 0.6) is 0 Å². The summed E-state index contributed by atoms with van der Waals surface area (Å²) in [6, 6.07) is 0.193. The van der Waals surface area contributed by atoms with Crippen LogP contribution in [0.15, 0.2) is 11.1 Å². The van der Waals surface area contributed by atoms with Crippen LogP contribution in [0.2, 0.25) is 0 Å². The fourth-order valence-electron chi connectivity index (χ4n) is 3.85. The van der Waals surface area contributed by atoms with Crippen molar-refractivity contribution in [3.63, 3.8) is 0 Å². The number of rotatable bonds is 5. The number of hydrogen-bond donors (Lipinski definition) is 0. The number of amides is 2. The molecule has 0 bridgehead atoms. The molecule has 1 unspecified atom stereocenters. The first-order valence-electron chi connectivity index (χ1n) is 8.59. The van der Waals surface area contributed by atoms with Gasteiger partial charge in [-0.2, -0.15) is 0 Å². The molecule has 1 atom stereocenters. The number of carbonyl (C=O) groups excluding carboxylic acids is 2. The third kappa shape index (κ3) is 3.43. The van der Waals surface area contributed by atoms with Crippen LogP contribution in [0.1, 0.15) is 32.1 Å². The van der Waals surface area contributed by atoms with E-state index < -0.39 is 0 Å². The molecule has 2 amide bonds. The molecule has 1 saturated heterocycles. The lowest BCUT2D eigenvalue weighted by molar-refractivity contribution is -0.136. The Labute approximate surface area is 137 Å². The standard InChI is InChI=1S/C17H26N2O4/c1-22-9-8-19-15-5-3-2-4-13(15)14(17(19)21)12-16(20)18-6-10-23-11-7-18/h15H,2-12H2,1H3. The highest BCUT2D eigenvalue weighted by Crippen LogP contribution is 2.37. The molecule has 128 valence electrons. The minimum absolute atomic E-state index is 0.0468. The predicted molar refractivity (Wildman–Crippen MR) is 84.9 cm³/mol. The molecule has 0 aromatic carbocycles. The van der Waals surface area contributed by atoms with Crippen molar-refractivity contribution in [3.05, 3.63) is 11.1 Å². The fraction of sp³-hybridized carbons (Fsp3) is 0.765. The largest absolute Gasteiger partial charge is 0.383 e. The molecule has 1 saturated carbocycles. The SMILES string of the molecule is COCCN1C(=O)C(CC(=O)N2CCOCC2)=C2CCCCC21. The molecule has 3 rings (SSSR count). The van der Waals surface area contributed by atoms with Crippen molar-refractivity contribution in [3.8, 4) is 0 Å². The lowest BCUT2D eigenvalue weighted by Crippen LogP contribution is -2.41. The highest BCUT2D eigenvalue weighted by molar-refractivity contribution is 6.02. The first-order valence-corrected chi connectivity index (χ1v) is 8.59. The quantitative estimate of drug-likeness (QED) is 0.756. The third-order valence-electron chi connectivity index (χ3n) is 5.09. The van der Waals surface area contributed by atoms with Crippen molar-refractivity contribution >= 4 is 11.8 Å². The Morgan fingerprint density at radius 2 is 2.09 bits per heavy atom. The number of methoxy groups -OCH3 is 1. The summed E-state index contributed by atoms with van der Waals surface area (Å²) >= 11 is 0. The molecule has 0 aromatic rings. The number of ether oxygens (including phenoxy) is 2. The van der Waals surface area contributed by atoms with Crippen LogP contribution in [-0.4, -0.2) is 74.2 Å². The summed E-state index contributed by atoms with van der Waals surface area (Å²) in [6.07, 6.45) is 4.47. The van der Waals surface area contributed by atoms with E-state index in [-0.39, 0.29) is 24.3 Å². The van der Waals surface area contributed by atoms with Crippen LogP contribution in [-0.2, 0) is 19.1 Å². The zero-order valence-electron chi connectivity index (χ0n) is 13.9. The molecule has 2 heterocycles. The van der Waals surface area contributed by atoms with Crippen LogP contribution in [0.25, 0.3) is 0 Å². The summed E-state index contributed by atoms with van der Waals surface area (Å²) in [5.41, 5.74) is 1.96. The lowest BCUT2D eigenvalue weighted by Gasteiger charge is -2.29. The number of morpholine rings is 1. The molecule has 23 heavy (non-hydrogen) atoms. The van der Waals surface area contributed by atoms with Crippen molar-refractivity contribution in [2.24, 2.45) is 0 Å². The van der Waals surface area contributed by atoms with Gasteiger partial charge in [0.15, 0.2) is 0 Å². The molecule has 1 aliphatic carbocycles. The van der Waals surface area contributed by atoms with Crippen LogP contribution >= 0.6 is 0 Å². The molecule has 6 heteroatoms. The van der Waals surface area contributed by atoms with Gasteiger partial charge >= 0.3 is 0 Å². The summed E-state index contributed by atoms with van der Waals surface area (Å²) in [6.45, 7) is 3.60. The second-order valence-electron chi connectivity index (χ2n) is 6.43. The molecule has 3 aliphatic rings. The van der Waals surface area contributed by atoms with E-state index in [0.717, 1.165) is 31.3 Å². The van der Waals surface area contributed by atoms with Gasteiger partial charge in [-0.05, 0) is 24.8 Å². The van der Waals surface area contributed by atoms with E-state index in [9.17, 15) is 9.59 Å². The molecule has 0 aromatic heterocycles. The maximum absolute atomic E-state index is 12.8. The van der Waals surface area contributed by atoms with E-state index in [1.165, 1.54) is 5.57 Å². The molecule has 6 nitrogen and oxygen atoms in total. The van der Waals surface area contributed by atoms with Gasteiger partial charge in [-0.3, -0.25) is 9.59 Å². The molecule has 0 spiro atoms. The topological polar surface area (TPSA) is 59.1 Å². The average Bonchev–Trinajstić information content (AvgIpc) is 2.86. The van der Waals surface area contributed by atoms with E-state index >= 15 is 0 Å². The van der Waals surface area contributed by atoms with Gasteiger partial charge in [0.1, 0.15) is 0 Å². The number of nitrogens with zero attached hydrogens (tertiary/aromatic N) is 2. The summed E-state index contributed by atoms with van der Waals surface area (Å²) in [4.78, 5) is 29.1. The van der Waals surface area contributed by atoms with Crippen LogP contribution in [0.3, 0.4) is 0 Å². The van der Waals surface area contributed by atoms with E-state index in [2.05, 4.69) is 0 Å². The van der Waals surface area contributed by atoms with Gasteiger partial charge < -0.3 is 19.3 Å². The Morgan fingerprint density at radius 1 is 1.30 bits per heavy atom. The minimum atomic E-state index is 0.0468. The normalized spacial score (nSPS) is 25.1. The van der Waals surface area contributed by atoms with Gasteiger partial charge in [0.05, 0.1) is 32.3 Å². The van der Waals surface area contributed by atoms with Crippen molar-refractivity contribution in [1.29, 1.82) is 0 Å². The first-order chi connectivity index (χ1) is 11.2. The van der Waals surface area contributed by atoms with Crippen LogP contribution in [0, 0.1) is 0 Å². The van der Waals surface area contributed by atoms with E-state index in [4.69, 9.17) is 9.47 Å². The second-order valence-corrected chi connectivity index (χ2v) is 6.43. The van der Waals surface area contributed by atoms with Crippen LogP contribution in [0.4, 0.5) is 0 Å². The summed E-state index contributed by atoms with van der Waals surface area (Å²) in [5, 5.41) is 0. The second kappa shape index (κ2) is 7.45. The van der Waals surface area contributed by atoms with Crippen LogP contribution < -0.4 is 0 Å². The van der Waals surface area contributed by atoms with Crippen molar-refractivity contribution in [1.82, 2.24) is 9.80 Å².